The lowest BCUT2D eigenvalue weighted by Gasteiger charge is -2.09. The second-order valence-corrected chi connectivity index (χ2v) is 4.61. The van der Waals surface area contributed by atoms with Crippen LogP contribution in [0.1, 0.15) is 11.6 Å². The molecule has 1 N–H and O–H groups in total. The van der Waals surface area contributed by atoms with Gasteiger partial charge in [0, 0.05) is 24.6 Å². The van der Waals surface area contributed by atoms with Crippen LogP contribution >= 0.6 is 0 Å². The molecule has 1 amide bonds. The van der Waals surface area contributed by atoms with E-state index in [9.17, 15) is 20.0 Å². The number of aliphatic imine (C=N–C) groups is 1. The molecule has 0 saturated heterocycles. The fourth-order valence-electron chi connectivity index (χ4n) is 2.31. The molecule has 1 aromatic heterocycles. The molecular formula is C13H10N4O4. The molecule has 3 rings (SSSR count). The Morgan fingerprint density at radius 1 is 1.43 bits per heavy atom. The molecular weight excluding hydrogens is 276 g/mol. The Balaban J connectivity index is 2.15. The van der Waals surface area contributed by atoms with Gasteiger partial charge in [-0.25, -0.2) is 0 Å². The quantitative estimate of drug-likeness (QED) is 0.666. The van der Waals surface area contributed by atoms with Crippen LogP contribution in [0.4, 0.5) is 5.69 Å². The number of fused-ring (bicyclic) bond motifs is 1. The van der Waals surface area contributed by atoms with Gasteiger partial charge in [0.1, 0.15) is 5.92 Å². The number of benzene rings is 1. The summed E-state index contributed by atoms with van der Waals surface area (Å²) in [5.41, 5.74) is 0.970. The highest BCUT2D eigenvalue weighted by Gasteiger charge is 2.27. The van der Waals surface area contributed by atoms with Crippen LogP contribution in [-0.4, -0.2) is 31.6 Å². The van der Waals surface area contributed by atoms with Crippen molar-refractivity contribution in [2.24, 2.45) is 12.0 Å². The Morgan fingerprint density at radius 2 is 2.19 bits per heavy atom. The molecule has 0 aliphatic carbocycles. The van der Waals surface area contributed by atoms with Gasteiger partial charge in [-0.3, -0.25) is 19.6 Å². The average Bonchev–Trinajstić information content (AvgIpc) is 2.75. The number of hydrogen-bond donors (Lipinski definition) is 1. The maximum atomic E-state index is 11.9. The number of nitro groups is 1. The summed E-state index contributed by atoms with van der Waals surface area (Å²) in [5.74, 6) is -1.56. The van der Waals surface area contributed by atoms with Crippen LogP contribution in [0.2, 0.25) is 0 Å². The third kappa shape index (κ3) is 2.06. The van der Waals surface area contributed by atoms with Crippen LogP contribution in [-0.2, 0) is 11.8 Å². The molecule has 0 saturated carbocycles. The number of aryl methyl sites for hydroxylation is 1. The highest BCUT2D eigenvalue weighted by atomic mass is 16.6. The van der Waals surface area contributed by atoms with Crippen LogP contribution in [0.5, 0.6) is 0 Å². The van der Waals surface area contributed by atoms with Gasteiger partial charge in [0.25, 0.3) is 11.6 Å². The van der Waals surface area contributed by atoms with E-state index in [1.54, 1.807) is 13.1 Å². The molecule has 2 heterocycles. The molecule has 0 fully saturated rings. The van der Waals surface area contributed by atoms with E-state index in [1.165, 1.54) is 29.0 Å². The summed E-state index contributed by atoms with van der Waals surface area (Å²) in [6.07, 6.45) is 2.84. The van der Waals surface area contributed by atoms with E-state index in [1.807, 2.05) is 0 Å². The van der Waals surface area contributed by atoms with Gasteiger partial charge >= 0.3 is 0 Å². The van der Waals surface area contributed by atoms with E-state index in [0.717, 1.165) is 0 Å². The minimum Gasteiger partial charge on any atom is -0.493 e. The van der Waals surface area contributed by atoms with Crippen molar-refractivity contribution in [2.45, 2.75) is 5.92 Å². The number of nitrogens with zero attached hydrogens (tertiary/aromatic N) is 4. The minimum atomic E-state index is -0.703. The summed E-state index contributed by atoms with van der Waals surface area (Å²) in [6.45, 7) is 0. The number of non-ortho nitro benzene ring substituents is 1. The predicted octanol–water partition coefficient (Wildman–Crippen LogP) is 1.62. The van der Waals surface area contributed by atoms with Crippen molar-refractivity contribution in [3.05, 3.63) is 46.2 Å². The molecule has 1 aliphatic heterocycles. The number of aromatic nitrogens is 2. The molecule has 0 bridgehead atoms. The van der Waals surface area contributed by atoms with Crippen molar-refractivity contribution in [2.75, 3.05) is 0 Å². The number of rotatable bonds is 2. The number of aliphatic hydroxyl groups excluding tert-OH is 1. The monoisotopic (exact) mass is 286 g/mol. The largest absolute Gasteiger partial charge is 0.493 e. The van der Waals surface area contributed by atoms with Crippen molar-refractivity contribution < 1.29 is 14.8 Å². The van der Waals surface area contributed by atoms with Crippen molar-refractivity contribution in [3.63, 3.8) is 0 Å². The summed E-state index contributed by atoms with van der Waals surface area (Å²) in [5, 5.41) is 24.9. The van der Waals surface area contributed by atoms with Crippen molar-refractivity contribution in [1.82, 2.24) is 9.78 Å². The van der Waals surface area contributed by atoms with Gasteiger partial charge in [-0.2, -0.15) is 10.1 Å². The number of amides is 1. The normalized spacial score (nSPS) is 18.0. The van der Waals surface area contributed by atoms with Crippen molar-refractivity contribution >= 4 is 28.4 Å². The molecule has 21 heavy (non-hydrogen) atoms. The zero-order chi connectivity index (χ0) is 15.1. The van der Waals surface area contributed by atoms with Gasteiger partial charge in [-0.1, -0.05) is 6.08 Å². The first kappa shape index (κ1) is 13.0. The van der Waals surface area contributed by atoms with Crippen LogP contribution in [0.25, 0.3) is 10.9 Å². The first-order chi connectivity index (χ1) is 9.97. The smallest absolute Gasteiger partial charge is 0.271 e. The fraction of sp³-hybridized carbons (Fsp3) is 0.154. The molecule has 1 aromatic carbocycles. The number of nitro benzene ring substituents is 1. The Bertz CT molecular complexity index is 834. The molecule has 8 heteroatoms. The molecule has 2 aromatic rings. The van der Waals surface area contributed by atoms with Crippen LogP contribution in [0.3, 0.4) is 0 Å². The second-order valence-electron chi connectivity index (χ2n) is 4.61. The van der Waals surface area contributed by atoms with E-state index in [4.69, 9.17) is 0 Å². The number of dihydropyridines is 1. The summed E-state index contributed by atoms with van der Waals surface area (Å²) in [7, 11) is 1.65. The third-order valence-electron chi connectivity index (χ3n) is 3.30. The van der Waals surface area contributed by atoms with E-state index in [2.05, 4.69) is 10.1 Å². The highest BCUT2D eigenvalue weighted by molar-refractivity contribution is 6.04. The highest BCUT2D eigenvalue weighted by Crippen LogP contribution is 2.30. The summed E-state index contributed by atoms with van der Waals surface area (Å²) < 4.78 is 1.48. The van der Waals surface area contributed by atoms with E-state index >= 15 is 0 Å². The number of carbonyl (C=O) groups excluding carboxylic acids is 1. The first-order valence-corrected chi connectivity index (χ1v) is 6.08. The minimum absolute atomic E-state index is 0.0433. The van der Waals surface area contributed by atoms with E-state index in [-0.39, 0.29) is 11.6 Å². The molecule has 8 nitrogen and oxygen atoms in total. The molecule has 1 unspecified atom stereocenters. The van der Waals surface area contributed by atoms with Gasteiger partial charge in [-0.05, 0) is 12.1 Å². The van der Waals surface area contributed by atoms with Crippen LogP contribution < -0.4 is 0 Å². The van der Waals surface area contributed by atoms with E-state index in [0.29, 0.717) is 16.6 Å². The standard InChI is InChI=1S/C13H10N4O4/c1-16-10-6-7(17(20)21)2-3-8(10)12(15-16)9-4-5-11(18)14-13(9)19/h2-6,9H,1H3,(H,14,18,19). The molecule has 0 spiro atoms. The summed E-state index contributed by atoms with van der Waals surface area (Å²) in [6, 6.07) is 4.34. The molecule has 106 valence electrons. The zero-order valence-electron chi connectivity index (χ0n) is 10.9. The second kappa shape index (κ2) is 4.51. The Morgan fingerprint density at radius 3 is 2.86 bits per heavy atom. The fourth-order valence-corrected chi connectivity index (χ4v) is 2.31. The topological polar surface area (TPSA) is 111 Å². The molecule has 1 atom stereocenters. The molecule has 1 aliphatic rings. The van der Waals surface area contributed by atoms with Gasteiger partial charge in [0.15, 0.2) is 0 Å². The maximum absolute atomic E-state index is 11.9. The number of hydrogen-bond acceptors (Lipinski definition) is 4. The molecule has 0 radical (unpaired) electrons. The Hall–Kier alpha value is -3.03. The predicted molar refractivity (Wildman–Crippen MR) is 74.3 cm³/mol. The third-order valence-corrected chi connectivity index (χ3v) is 3.30. The summed E-state index contributed by atoms with van der Waals surface area (Å²) >= 11 is 0. The first-order valence-electron chi connectivity index (χ1n) is 6.08. The van der Waals surface area contributed by atoms with Crippen LogP contribution in [0, 0.1) is 10.1 Å². The summed E-state index contributed by atoms with van der Waals surface area (Å²) in [4.78, 5) is 25.7. The maximum Gasteiger partial charge on any atom is 0.271 e. The van der Waals surface area contributed by atoms with Crippen molar-refractivity contribution in [3.8, 4) is 0 Å². The zero-order valence-corrected chi connectivity index (χ0v) is 10.9. The van der Waals surface area contributed by atoms with Crippen molar-refractivity contribution in [1.29, 1.82) is 0 Å². The number of aliphatic hydroxyl groups is 1. The SMILES string of the molecule is Cn1nc(C2C=CC(O)=NC2=O)c2ccc([N+](=O)[O-])cc21. The van der Waals surface area contributed by atoms with E-state index < -0.39 is 16.7 Å². The lowest BCUT2D eigenvalue weighted by atomic mass is 9.99. The number of carbonyl (C=O) groups is 1. The van der Waals surface area contributed by atoms with Gasteiger partial charge in [0.05, 0.1) is 16.1 Å². The lowest BCUT2D eigenvalue weighted by Crippen LogP contribution is -2.15. The lowest BCUT2D eigenvalue weighted by molar-refractivity contribution is -0.384. The van der Waals surface area contributed by atoms with Gasteiger partial charge in [-0.15, -0.1) is 0 Å². The Labute approximate surface area is 118 Å². The average molecular weight is 286 g/mol. The van der Waals surface area contributed by atoms with Gasteiger partial charge < -0.3 is 5.11 Å². The Kier molecular flexibility index (Phi) is 2.79. The van der Waals surface area contributed by atoms with Gasteiger partial charge in [0.2, 0.25) is 5.90 Å². The van der Waals surface area contributed by atoms with Crippen LogP contribution in [0.15, 0.2) is 35.3 Å².